The smallest absolute Gasteiger partial charge is 0.169 e. The van der Waals surface area contributed by atoms with Crippen molar-refractivity contribution in [2.75, 3.05) is 5.32 Å². The van der Waals surface area contributed by atoms with Crippen molar-refractivity contribution in [3.05, 3.63) is 52.7 Å². The number of anilines is 1. The van der Waals surface area contributed by atoms with E-state index >= 15 is 0 Å². The Morgan fingerprint density at radius 1 is 1.30 bits per heavy atom. The number of benzene rings is 1. The predicted molar refractivity (Wildman–Crippen MR) is 77.6 cm³/mol. The monoisotopic (exact) mass is 333 g/mol. The highest BCUT2D eigenvalue weighted by molar-refractivity contribution is 9.10. The Bertz CT molecular complexity index is 707. The summed E-state index contributed by atoms with van der Waals surface area (Å²) in [5.74, 6) is 0.874. The normalized spacial score (nSPS) is 10.7. The number of aromatic nitrogens is 4. The van der Waals surface area contributed by atoms with E-state index in [1.807, 2.05) is 31.2 Å². The van der Waals surface area contributed by atoms with E-state index in [-0.39, 0.29) is 0 Å². The summed E-state index contributed by atoms with van der Waals surface area (Å²) in [6.07, 6.45) is 1.58. The Balaban J connectivity index is 1.74. The van der Waals surface area contributed by atoms with Gasteiger partial charge in [-0.2, -0.15) is 0 Å². The number of nitrogens with one attached hydrogen (secondary N) is 1. The molecule has 0 spiro atoms. The van der Waals surface area contributed by atoms with Crippen molar-refractivity contribution in [3.63, 3.8) is 0 Å². The van der Waals surface area contributed by atoms with Gasteiger partial charge in [-0.15, -0.1) is 5.10 Å². The van der Waals surface area contributed by atoms with Crippen molar-refractivity contribution in [1.82, 2.24) is 20.2 Å². The van der Waals surface area contributed by atoms with E-state index in [0.717, 1.165) is 27.4 Å². The van der Waals surface area contributed by atoms with Gasteiger partial charge in [0.2, 0.25) is 0 Å². The van der Waals surface area contributed by atoms with Crippen LogP contribution in [-0.4, -0.2) is 20.2 Å². The van der Waals surface area contributed by atoms with Gasteiger partial charge in [-0.1, -0.05) is 0 Å². The van der Waals surface area contributed by atoms with Gasteiger partial charge in [-0.25, -0.2) is 4.68 Å². The van der Waals surface area contributed by atoms with Crippen molar-refractivity contribution in [2.45, 2.75) is 13.5 Å². The predicted octanol–water partition coefficient (Wildman–Crippen LogP) is 2.94. The van der Waals surface area contributed by atoms with Gasteiger partial charge in [0.1, 0.15) is 12.1 Å². The molecule has 2 aromatic heterocycles. The van der Waals surface area contributed by atoms with Gasteiger partial charge in [0.15, 0.2) is 4.67 Å². The van der Waals surface area contributed by atoms with Gasteiger partial charge in [0.05, 0.1) is 12.2 Å². The lowest BCUT2D eigenvalue weighted by molar-refractivity contribution is 0.495. The minimum absolute atomic E-state index is 0.634. The second-order valence-electron chi connectivity index (χ2n) is 4.32. The quantitative estimate of drug-likeness (QED) is 0.794. The molecule has 0 aliphatic heterocycles. The first kappa shape index (κ1) is 12.9. The Morgan fingerprint density at radius 2 is 2.20 bits per heavy atom. The molecule has 0 aliphatic rings. The molecule has 0 fully saturated rings. The second kappa shape index (κ2) is 5.46. The first-order valence-electron chi connectivity index (χ1n) is 6.04. The standard InChI is InChI=1S/C13H12BrN5O/c1-9-6-10(15-7-11-3-5-13(14)20-11)2-4-12(9)19-8-16-17-18-19/h2-6,8,15H,7H2,1H3. The van der Waals surface area contributed by atoms with E-state index in [0.29, 0.717) is 6.54 Å². The summed E-state index contributed by atoms with van der Waals surface area (Å²) in [5.41, 5.74) is 3.07. The van der Waals surface area contributed by atoms with Crippen molar-refractivity contribution >= 4 is 21.6 Å². The molecule has 0 radical (unpaired) electrons. The van der Waals surface area contributed by atoms with E-state index in [9.17, 15) is 0 Å². The average Bonchev–Trinajstić information content (AvgIpc) is 3.08. The Hall–Kier alpha value is -2.15. The molecule has 102 valence electrons. The van der Waals surface area contributed by atoms with E-state index in [2.05, 4.69) is 42.8 Å². The van der Waals surface area contributed by atoms with Crippen LogP contribution in [0.25, 0.3) is 5.69 Å². The highest BCUT2D eigenvalue weighted by Crippen LogP contribution is 2.19. The lowest BCUT2D eigenvalue weighted by Crippen LogP contribution is -2.01. The average molecular weight is 334 g/mol. The first-order chi connectivity index (χ1) is 9.72. The summed E-state index contributed by atoms with van der Waals surface area (Å²) in [5, 5.41) is 14.5. The third-order valence-electron chi connectivity index (χ3n) is 2.89. The number of halogens is 1. The van der Waals surface area contributed by atoms with Gasteiger partial charge in [0, 0.05) is 5.69 Å². The maximum atomic E-state index is 5.44. The summed E-state index contributed by atoms with van der Waals surface area (Å²) >= 11 is 3.29. The van der Waals surface area contributed by atoms with Crippen LogP contribution in [0.1, 0.15) is 11.3 Å². The van der Waals surface area contributed by atoms with Crippen molar-refractivity contribution in [2.24, 2.45) is 0 Å². The summed E-state index contributed by atoms with van der Waals surface area (Å²) in [6, 6.07) is 9.82. The molecule has 0 atom stereocenters. The van der Waals surface area contributed by atoms with Gasteiger partial charge in [-0.05, 0) is 69.2 Å². The van der Waals surface area contributed by atoms with Crippen LogP contribution in [0.3, 0.4) is 0 Å². The third kappa shape index (κ3) is 2.72. The van der Waals surface area contributed by atoms with Gasteiger partial charge in [0.25, 0.3) is 0 Å². The van der Waals surface area contributed by atoms with Gasteiger partial charge >= 0.3 is 0 Å². The van der Waals surface area contributed by atoms with Crippen molar-refractivity contribution in [1.29, 1.82) is 0 Å². The zero-order chi connectivity index (χ0) is 13.9. The molecule has 0 amide bonds. The molecule has 3 rings (SSSR count). The van der Waals surface area contributed by atoms with Crippen LogP contribution in [0, 0.1) is 6.92 Å². The topological polar surface area (TPSA) is 68.8 Å². The second-order valence-corrected chi connectivity index (χ2v) is 5.10. The third-order valence-corrected chi connectivity index (χ3v) is 3.31. The molecule has 0 unspecified atom stereocenters. The molecule has 20 heavy (non-hydrogen) atoms. The highest BCUT2D eigenvalue weighted by Gasteiger charge is 2.04. The highest BCUT2D eigenvalue weighted by atomic mass is 79.9. The van der Waals surface area contributed by atoms with Crippen LogP contribution >= 0.6 is 15.9 Å². The first-order valence-corrected chi connectivity index (χ1v) is 6.84. The molecule has 0 aliphatic carbocycles. The zero-order valence-corrected chi connectivity index (χ0v) is 12.3. The van der Waals surface area contributed by atoms with E-state index in [1.54, 1.807) is 11.0 Å². The van der Waals surface area contributed by atoms with Crippen LogP contribution < -0.4 is 5.32 Å². The number of nitrogens with zero attached hydrogens (tertiary/aromatic N) is 4. The van der Waals surface area contributed by atoms with Crippen LogP contribution in [0.2, 0.25) is 0 Å². The molecule has 0 saturated carbocycles. The van der Waals surface area contributed by atoms with Crippen molar-refractivity contribution < 1.29 is 4.42 Å². The minimum atomic E-state index is 0.634. The molecule has 6 nitrogen and oxygen atoms in total. The molecule has 1 aromatic carbocycles. The van der Waals surface area contributed by atoms with Crippen molar-refractivity contribution in [3.8, 4) is 5.69 Å². The largest absolute Gasteiger partial charge is 0.452 e. The molecule has 0 saturated heterocycles. The van der Waals surface area contributed by atoms with E-state index in [1.165, 1.54) is 0 Å². The van der Waals surface area contributed by atoms with E-state index in [4.69, 9.17) is 4.42 Å². The summed E-state index contributed by atoms with van der Waals surface area (Å²) in [4.78, 5) is 0. The number of tetrazole rings is 1. The molecule has 0 bridgehead atoms. The van der Waals surface area contributed by atoms with Gasteiger partial charge in [-0.3, -0.25) is 0 Å². The lowest BCUT2D eigenvalue weighted by Gasteiger charge is -2.09. The fraction of sp³-hybridized carbons (Fsp3) is 0.154. The number of hydrogen-bond acceptors (Lipinski definition) is 5. The number of furan rings is 1. The Labute approximate surface area is 123 Å². The lowest BCUT2D eigenvalue weighted by atomic mass is 10.2. The number of rotatable bonds is 4. The molecule has 7 heteroatoms. The Kier molecular flexibility index (Phi) is 3.51. The summed E-state index contributed by atoms with van der Waals surface area (Å²) in [7, 11) is 0. The van der Waals surface area contributed by atoms with Crippen LogP contribution in [0.4, 0.5) is 5.69 Å². The minimum Gasteiger partial charge on any atom is -0.452 e. The molecule has 2 heterocycles. The van der Waals surface area contributed by atoms with Gasteiger partial charge < -0.3 is 9.73 Å². The fourth-order valence-corrected chi connectivity index (χ4v) is 2.27. The SMILES string of the molecule is Cc1cc(NCc2ccc(Br)o2)ccc1-n1cnnn1. The maximum absolute atomic E-state index is 5.44. The zero-order valence-electron chi connectivity index (χ0n) is 10.7. The van der Waals surface area contributed by atoms with Crippen LogP contribution in [0.15, 0.2) is 45.7 Å². The van der Waals surface area contributed by atoms with Crippen LogP contribution in [0.5, 0.6) is 0 Å². The maximum Gasteiger partial charge on any atom is 0.169 e. The molecular formula is C13H12BrN5O. The number of hydrogen-bond donors (Lipinski definition) is 1. The summed E-state index contributed by atoms with van der Waals surface area (Å²) in [6.45, 7) is 2.65. The molecule has 3 aromatic rings. The summed E-state index contributed by atoms with van der Waals surface area (Å²) < 4.78 is 7.82. The Morgan fingerprint density at radius 3 is 2.85 bits per heavy atom. The van der Waals surface area contributed by atoms with E-state index < -0.39 is 0 Å². The molecular weight excluding hydrogens is 322 g/mol. The fourth-order valence-electron chi connectivity index (χ4n) is 1.93. The van der Waals surface area contributed by atoms with Crippen LogP contribution in [-0.2, 0) is 6.54 Å². The molecule has 1 N–H and O–H groups in total. The number of aryl methyl sites for hydroxylation is 1.